The Labute approximate surface area is 83.6 Å². The van der Waals surface area contributed by atoms with E-state index in [1.54, 1.807) is 0 Å². The SMILES string of the molecule is C#CCONC(=O)C1CN2CCC1C2. The number of terminal acetylenes is 1. The Hall–Kier alpha value is -1.05. The molecule has 0 spiro atoms. The van der Waals surface area contributed by atoms with Crippen LogP contribution < -0.4 is 5.48 Å². The molecule has 3 unspecified atom stereocenters. The van der Waals surface area contributed by atoms with Gasteiger partial charge in [-0.05, 0) is 18.9 Å². The maximum Gasteiger partial charge on any atom is 0.248 e. The van der Waals surface area contributed by atoms with Crippen LogP contribution in [0.15, 0.2) is 0 Å². The van der Waals surface area contributed by atoms with E-state index in [2.05, 4.69) is 16.3 Å². The van der Waals surface area contributed by atoms with Crippen molar-refractivity contribution in [2.45, 2.75) is 6.42 Å². The molecule has 1 amide bonds. The Morgan fingerprint density at radius 2 is 2.50 bits per heavy atom. The lowest BCUT2D eigenvalue weighted by molar-refractivity contribution is -0.137. The standard InChI is InChI=1S/C10H14N2O2/c1-2-5-14-11-10(13)9-7-12-4-3-8(9)6-12/h1,8-9H,3-7H2,(H,11,13). The molecule has 2 rings (SSSR count). The van der Waals surface area contributed by atoms with E-state index in [0.29, 0.717) is 5.92 Å². The van der Waals surface area contributed by atoms with Crippen LogP contribution in [0, 0.1) is 24.2 Å². The van der Waals surface area contributed by atoms with Gasteiger partial charge in [-0.3, -0.25) is 9.63 Å². The van der Waals surface area contributed by atoms with E-state index in [0.717, 1.165) is 26.1 Å². The molecule has 2 heterocycles. The fourth-order valence-corrected chi connectivity index (χ4v) is 2.31. The van der Waals surface area contributed by atoms with E-state index in [9.17, 15) is 4.79 Å². The number of hydrogen-bond donors (Lipinski definition) is 1. The zero-order valence-corrected chi connectivity index (χ0v) is 8.03. The molecule has 2 saturated heterocycles. The summed E-state index contributed by atoms with van der Waals surface area (Å²) in [7, 11) is 0. The molecule has 0 aromatic rings. The molecule has 4 nitrogen and oxygen atoms in total. The number of fused-ring (bicyclic) bond motifs is 2. The van der Waals surface area contributed by atoms with Crippen LogP contribution in [0.4, 0.5) is 0 Å². The van der Waals surface area contributed by atoms with Gasteiger partial charge in [0.25, 0.3) is 0 Å². The van der Waals surface area contributed by atoms with Crippen molar-refractivity contribution < 1.29 is 9.63 Å². The van der Waals surface area contributed by atoms with Crippen LogP contribution in [-0.2, 0) is 9.63 Å². The highest BCUT2D eigenvalue weighted by molar-refractivity contribution is 5.78. The van der Waals surface area contributed by atoms with Crippen molar-refractivity contribution in [1.82, 2.24) is 10.4 Å². The molecular weight excluding hydrogens is 180 g/mol. The number of hydroxylamine groups is 1. The third-order valence-electron chi connectivity index (χ3n) is 3.00. The first kappa shape index (κ1) is 9.50. The van der Waals surface area contributed by atoms with Crippen LogP contribution in [0.25, 0.3) is 0 Å². The minimum absolute atomic E-state index is 0.0209. The van der Waals surface area contributed by atoms with Gasteiger partial charge in [-0.2, -0.15) is 0 Å². The second-order valence-corrected chi connectivity index (χ2v) is 3.87. The van der Waals surface area contributed by atoms with Crippen LogP contribution in [0.2, 0.25) is 0 Å². The molecule has 0 aliphatic carbocycles. The summed E-state index contributed by atoms with van der Waals surface area (Å²) in [6, 6.07) is 0. The lowest BCUT2D eigenvalue weighted by atomic mass is 9.92. The lowest BCUT2D eigenvalue weighted by Gasteiger charge is -2.20. The van der Waals surface area contributed by atoms with Crippen molar-refractivity contribution in [3.63, 3.8) is 0 Å². The second kappa shape index (κ2) is 3.99. The Bertz CT molecular complexity index is 272. The van der Waals surface area contributed by atoms with Gasteiger partial charge in [0.05, 0.1) is 5.92 Å². The predicted molar refractivity (Wildman–Crippen MR) is 51.0 cm³/mol. The fourth-order valence-electron chi connectivity index (χ4n) is 2.31. The van der Waals surface area contributed by atoms with Gasteiger partial charge in [-0.15, -0.1) is 6.42 Å². The molecule has 3 atom stereocenters. The number of amides is 1. The highest BCUT2D eigenvalue weighted by Crippen LogP contribution is 2.32. The number of rotatable bonds is 3. The highest BCUT2D eigenvalue weighted by atomic mass is 16.6. The molecule has 2 fully saturated rings. The summed E-state index contributed by atoms with van der Waals surface area (Å²) < 4.78 is 0. The molecule has 0 radical (unpaired) electrons. The van der Waals surface area contributed by atoms with E-state index in [-0.39, 0.29) is 18.4 Å². The Kier molecular flexibility index (Phi) is 2.71. The Balaban J connectivity index is 1.79. The van der Waals surface area contributed by atoms with E-state index in [1.165, 1.54) is 0 Å². The summed E-state index contributed by atoms with van der Waals surface area (Å²) in [5.41, 5.74) is 2.40. The number of hydrogen-bond acceptors (Lipinski definition) is 3. The van der Waals surface area contributed by atoms with Gasteiger partial charge in [0.15, 0.2) is 0 Å². The molecule has 1 N–H and O–H groups in total. The van der Waals surface area contributed by atoms with Crippen LogP contribution in [-0.4, -0.2) is 37.0 Å². The first-order valence-corrected chi connectivity index (χ1v) is 4.88. The monoisotopic (exact) mass is 194 g/mol. The molecule has 2 aliphatic rings. The van der Waals surface area contributed by atoms with Gasteiger partial charge in [0.2, 0.25) is 5.91 Å². The third kappa shape index (κ3) is 1.74. The average molecular weight is 194 g/mol. The molecule has 4 heteroatoms. The molecule has 2 bridgehead atoms. The van der Waals surface area contributed by atoms with Gasteiger partial charge in [0.1, 0.15) is 6.61 Å². The van der Waals surface area contributed by atoms with Crippen molar-refractivity contribution in [3.05, 3.63) is 0 Å². The zero-order chi connectivity index (χ0) is 9.97. The number of nitrogens with zero attached hydrogens (tertiary/aromatic N) is 1. The lowest BCUT2D eigenvalue weighted by Crippen LogP contribution is -2.37. The van der Waals surface area contributed by atoms with E-state index in [4.69, 9.17) is 11.3 Å². The summed E-state index contributed by atoms with van der Waals surface area (Å²) in [4.78, 5) is 18.7. The second-order valence-electron chi connectivity index (χ2n) is 3.87. The zero-order valence-electron chi connectivity index (χ0n) is 8.03. The first-order valence-electron chi connectivity index (χ1n) is 4.88. The van der Waals surface area contributed by atoms with E-state index < -0.39 is 0 Å². The number of piperidine rings is 1. The van der Waals surface area contributed by atoms with Crippen molar-refractivity contribution in [2.75, 3.05) is 26.2 Å². The van der Waals surface area contributed by atoms with Crippen molar-refractivity contribution >= 4 is 5.91 Å². The first-order chi connectivity index (χ1) is 6.81. The van der Waals surface area contributed by atoms with Crippen LogP contribution in [0.1, 0.15) is 6.42 Å². The summed E-state index contributed by atoms with van der Waals surface area (Å²) in [6.07, 6.45) is 6.13. The largest absolute Gasteiger partial charge is 0.302 e. The topological polar surface area (TPSA) is 41.6 Å². The number of nitrogens with one attached hydrogen (secondary N) is 1. The van der Waals surface area contributed by atoms with Crippen molar-refractivity contribution in [2.24, 2.45) is 11.8 Å². The predicted octanol–water partition coefficient (Wildman–Crippen LogP) is -0.381. The third-order valence-corrected chi connectivity index (χ3v) is 3.00. The normalized spacial score (nSPS) is 34.1. The summed E-state index contributed by atoms with van der Waals surface area (Å²) >= 11 is 0. The molecule has 0 aromatic carbocycles. The highest BCUT2D eigenvalue weighted by Gasteiger charge is 2.41. The molecule has 14 heavy (non-hydrogen) atoms. The summed E-state index contributed by atoms with van der Waals surface area (Å²) in [5, 5.41) is 0. The average Bonchev–Trinajstić information content (AvgIpc) is 2.79. The minimum Gasteiger partial charge on any atom is -0.302 e. The van der Waals surface area contributed by atoms with Crippen molar-refractivity contribution in [3.8, 4) is 12.3 Å². The van der Waals surface area contributed by atoms with E-state index in [1.807, 2.05) is 0 Å². The van der Waals surface area contributed by atoms with Crippen molar-refractivity contribution in [1.29, 1.82) is 0 Å². The molecule has 0 aromatic heterocycles. The summed E-state index contributed by atoms with van der Waals surface area (Å²) in [5.74, 6) is 2.90. The van der Waals surface area contributed by atoms with Gasteiger partial charge in [-0.25, -0.2) is 5.48 Å². The molecule has 2 aliphatic heterocycles. The van der Waals surface area contributed by atoms with Gasteiger partial charge < -0.3 is 4.90 Å². The Morgan fingerprint density at radius 1 is 1.64 bits per heavy atom. The maximum absolute atomic E-state index is 11.6. The number of carbonyl (C=O) groups excluding carboxylic acids is 1. The van der Waals surface area contributed by atoms with Crippen LogP contribution >= 0.6 is 0 Å². The van der Waals surface area contributed by atoms with Crippen LogP contribution in [0.5, 0.6) is 0 Å². The minimum atomic E-state index is -0.0209. The van der Waals surface area contributed by atoms with Gasteiger partial charge >= 0.3 is 0 Å². The smallest absolute Gasteiger partial charge is 0.248 e. The summed E-state index contributed by atoms with van der Waals surface area (Å²) in [6.45, 7) is 3.20. The Morgan fingerprint density at radius 3 is 3.07 bits per heavy atom. The van der Waals surface area contributed by atoms with Gasteiger partial charge in [0, 0.05) is 13.1 Å². The molecular formula is C10H14N2O2. The van der Waals surface area contributed by atoms with Gasteiger partial charge in [-0.1, -0.05) is 5.92 Å². The quantitative estimate of drug-likeness (QED) is 0.378. The van der Waals surface area contributed by atoms with Crippen LogP contribution in [0.3, 0.4) is 0 Å². The molecule has 76 valence electrons. The number of carbonyl (C=O) groups is 1. The van der Waals surface area contributed by atoms with E-state index >= 15 is 0 Å². The molecule has 0 saturated carbocycles. The maximum atomic E-state index is 11.6. The fraction of sp³-hybridized carbons (Fsp3) is 0.700.